The van der Waals surface area contributed by atoms with Gasteiger partial charge in [-0.1, -0.05) is 24.3 Å². The molecule has 3 N–H and O–H groups in total. The van der Waals surface area contributed by atoms with Gasteiger partial charge >= 0.3 is 0 Å². The SMILES string of the molecule is CN1CCN(Cc2ccc(-c3cc4c(NCc5cc[nH]c(=O)c5)ncnc4[nH]3)cc2)CC1. The molecule has 3 aromatic heterocycles. The summed E-state index contributed by atoms with van der Waals surface area (Å²) in [5.74, 6) is 0.740. The van der Waals surface area contributed by atoms with Crippen molar-refractivity contribution in [2.45, 2.75) is 13.1 Å². The molecule has 0 bridgehead atoms. The Balaban J connectivity index is 1.31. The molecule has 1 fully saturated rings. The fourth-order valence-corrected chi connectivity index (χ4v) is 4.07. The van der Waals surface area contributed by atoms with Crippen LogP contribution in [-0.2, 0) is 13.1 Å². The average molecular weight is 430 g/mol. The van der Waals surface area contributed by atoms with E-state index in [0.717, 1.165) is 66.4 Å². The minimum Gasteiger partial charge on any atom is -0.365 e. The molecular weight excluding hydrogens is 402 g/mol. The van der Waals surface area contributed by atoms with Crippen LogP contribution in [-0.4, -0.2) is 63.0 Å². The quantitative estimate of drug-likeness (QED) is 0.436. The molecule has 4 heterocycles. The predicted molar refractivity (Wildman–Crippen MR) is 126 cm³/mol. The van der Waals surface area contributed by atoms with Crippen LogP contribution in [0.15, 0.2) is 59.8 Å². The summed E-state index contributed by atoms with van der Waals surface area (Å²) >= 11 is 0. The molecule has 32 heavy (non-hydrogen) atoms. The highest BCUT2D eigenvalue weighted by Crippen LogP contribution is 2.27. The number of aromatic amines is 2. The first-order valence-electron chi connectivity index (χ1n) is 10.9. The minimum absolute atomic E-state index is 0.114. The van der Waals surface area contributed by atoms with Gasteiger partial charge in [0.05, 0.1) is 5.39 Å². The fraction of sp³-hybridized carbons (Fsp3) is 0.292. The topological polar surface area (TPSA) is 92.9 Å². The maximum atomic E-state index is 11.5. The Bertz CT molecular complexity index is 1250. The highest BCUT2D eigenvalue weighted by Gasteiger charge is 2.14. The predicted octanol–water partition coefficient (Wildman–Crippen LogP) is 2.67. The van der Waals surface area contributed by atoms with Crippen molar-refractivity contribution in [3.8, 4) is 11.3 Å². The molecule has 1 aliphatic rings. The molecule has 0 spiro atoms. The number of likely N-dealkylation sites (N-methyl/N-ethyl adjacent to an activating group) is 1. The second kappa shape index (κ2) is 8.94. The molecule has 0 unspecified atom stereocenters. The zero-order valence-electron chi connectivity index (χ0n) is 18.1. The molecule has 1 saturated heterocycles. The van der Waals surface area contributed by atoms with E-state index in [-0.39, 0.29) is 5.56 Å². The van der Waals surface area contributed by atoms with E-state index in [1.54, 1.807) is 18.6 Å². The number of aromatic nitrogens is 4. The summed E-state index contributed by atoms with van der Waals surface area (Å²) in [5.41, 5.74) is 5.01. The number of fused-ring (bicyclic) bond motifs is 1. The van der Waals surface area contributed by atoms with Crippen molar-refractivity contribution in [2.75, 3.05) is 38.5 Å². The van der Waals surface area contributed by atoms with Gasteiger partial charge in [0.15, 0.2) is 0 Å². The molecule has 0 atom stereocenters. The molecule has 0 radical (unpaired) electrons. The normalized spacial score (nSPS) is 15.3. The van der Waals surface area contributed by atoms with E-state index in [1.165, 1.54) is 5.56 Å². The molecular formula is C24H27N7O. The summed E-state index contributed by atoms with van der Waals surface area (Å²) in [6, 6.07) is 14.3. The number of pyridine rings is 1. The second-order valence-corrected chi connectivity index (χ2v) is 8.36. The third-order valence-electron chi connectivity index (χ3n) is 5.99. The van der Waals surface area contributed by atoms with E-state index in [0.29, 0.717) is 6.54 Å². The smallest absolute Gasteiger partial charge is 0.248 e. The van der Waals surface area contributed by atoms with Crippen LogP contribution in [0.25, 0.3) is 22.3 Å². The Hall–Kier alpha value is -3.49. The van der Waals surface area contributed by atoms with E-state index >= 15 is 0 Å². The number of nitrogens with zero attached hydrogens (tertiary/aromatic N) is 4. The van der Waals surface area contributed by atoms with Crippen LogP contribution in [0.5, 0.6) is 0 Å². The summed E-state index contributed by atoms with van der Waals surface area (Å²) in [7, 11) is 2.18. The minimum atomic E-state index is -0.114. The summed E-state index contributed by atoms with van der Waals surface area (Å²) < 4.78 is 0. The number of anilines is 1. The Morgan fingerprint density at radius 1 is 1.00 bits per heavy atom. The third kappa shape index (κ3) is 4.56. The van der Waals surface area contributed by atoms with Gasteiger partial charge < -0.3 is 20.2 Å². The maximum Gasteiger partial charge on any atom is 0.248 e. The first kappa shape index (κ1) is 20.4. The summed E-state index contributed by atoms with van der Waals surface area (Å²) in [6.45, 7) is 6.00. The number of benzene rings is 1. The largest absolute Gasteiger partial charge is 0.365 e. The van der Waals surface area contributed by atoms with Crippen LogP contribution in [0.2, 0.25) is 0 Å². The summed E-state index contributed by atoms with van der Waals surface area (Å²) in [6.07, 6.45) is 3.19. The first-order chi connectivity index (χ1) is 15.6. The van der Waals surface area contributed by atoms with Gasteiger partial charge in [-0.3, -0.25) is 9.69 Å². The molecule has 164 valence electrons. The van der Waals surface area contributed by atoms with E-state index in [4.69, 9.17) is 0 Å². The number of H-pyrrole nitrogens is 2. The van der Waals surface area contributed by atoms with Crippen LogP contribution in [0.3, 0.4) is 0 Å². The lowest BCUT2D eigenvalue weighted by atomic mass is 10.1. The molecule has 0 aliphatic carbocycles. The van der Waals surface area contributed by atoms with Crippen molar-refractivity contribution < 1.29 is 0 Å². The molecule has 1 aromatic carbocycles. The zero-order chi connectivity index (χ0) is 21.9. The molecule has 0 saturated carbocycles. The van der Waals surface area contributed by atoms with Gasteiger partial charge in [-0.15, -0.1) is 0 Å². The fourth-order valence-electron chi connectivity index (χ4n) is 4.07. The van der Waals surface area contributed by atoms with E-state index in [9.17, 15) is 4.79 Å². The molecule has 8 nitrogen and oxygen atoms in total. The summed E-state index contributed by atoms with van der Waals surface area (Å²) in [4.78, 5) is 31.2. The van der Waals surface area contributed by atoms with Gasteiger partial charge in [0.1, 0.15) is 17.8 Å². The van der Waals surface area contributed by atoms with Crippen LogP contribution >= 0.6 is 0 Å². The molecule has 0 amide bonds. The third-order valence-corrected chi connectivity index (χ3v) is 5.99. The van der Waals surface area contributed by atoms with E-state index < -0.39 is 0 Å². The Labute approximate surface area is 186 Å². The molecule has 5 rings (SSSR count). The van der Waals surface area contributed by atoms with Crippen molar-refractivity contribution in [3.63, 3.8) is 0 Å². The lowest BCUT2D eigenvalue weighted by Crippen LogP contribution is -2.43. The van der Waals surface area contributed by atoms with E-state index in [1.807, 2.05) is 6.07 Å². The Kier molecular flexibility index (Phi) is 5.70. The first-order valence-corrected chi connectivity index (χ1v) is 10.9. The standard InChI is InChI=1S/C24H27N7O/c1-30-8-10-31(11-9-30)15-17-2-4-19(5-3-17)21-13-20-23(27-16-28-24(20)29-21)26-14-18-6-7-25-22(32)12-18/h2-7,12-13,16H,8-11,14-15H2,1H3,(H,25,32)(H2,26,27,28,29). The number of rotatable bonds is 6. The van der Waals surface area contributed by atoms with E-state index in [2.05, 4.69) is 72.4 Å². The Morgan fingerprint density at radius 3 is 2.59 bits per heavy atom. The van der Waals surface area contributed by atoms with Crippen molar-refractivity contribution in [2.24, 2.45) is 0 Å². The van der Waals surface area contributed by atoms with Crippen LogP contribution in [0, 0.1) is 0 Å². The number of nitrogens with one attached hydrogen (secondary N) is 3. The number of piperazine rings is 1. The van der Waals surface area contributed by atoms with Gasteiger partial charge in [-0.25, -0.2) is 9.97 Å². The van der Waals surface area contributed by atoms with Gasteiger partial charge in [0.25, 0.3) is 0 Å². The highest BCUT2D eigenvalue weighted by atomic mass is 16.1. The van der Waals surface area contributed by atoms with Gasteiger partial charge in [0, 0.05) is 57.2 Å². The van der Waals surface area contributed by atoms with Crippen molar-refractivity contribution in [1.29, 1.82) is 0 Å². The zero-order valence-corrected chi connectivity index (χ0v) is 18.1. The van der Waals surface area contributed by atoms with Crippen molar-refractivity contribution in [3.05, 3.63) is 76.5 Å². The van der Waals surface area contributed by atoms with Crippen LogP contribution < -0.4 is 10.9 Å². The molecule has 4 aromatic rings. The lowest BCUT2D eigenvalue weighted by Gasteiger charge is -2.32. The van der Waals surface area contributed by atoms with Gasteiger partial charge in [-0.2, -0.15) is 0 Å². The molecule has 1 aliphatic heterocycles. The van der Waals surface area contributed by atoms with Crippen LogP contribution in [0.4, 0.5) is 5.82 Å². The Morgan fingerprint density at radius 2 is 1.81 bits per heavy atom. The van der Waals surface area contributed by atoms with Gasteiger partial charge in [-0.05, 0) is 35.9 Å². The number of hydrogen-bond acceptors (Lipinski definition) is 6. The highest BCUT2D eigenvalue weighted by molar-refractivity contribution is 5.91. The number of hydrogen-bond donors (Lipinski definition) is 3. The van der Waals surface area contributed by atoms with Crippen molar-refractivity contribution >= 4 is 16.9 Å². The van der Waals surface area contributed by atoms with Gasteiger partial charge in [0.2, 0.25) is 5.56 Å². The second-order valence-electron chi connectivity index (χ2n) is 8.36. The summed E-state index contributed by atoms with van der Waals surface area (Å²) in [5, 5.41) is 4.25. The monoisotopic (exact) mass is 429 g/mol. The maximum absolute atomic E-state index is 11.5. The van der Waals surface area contributed by atoms with Crippen molar-refractivity contribution in [1.82, 2.24) is 29.7 Å². The average Bonchev–Trinajstić information content (AvgIpc) is 3.25. The van der Waals surface area contributed by atoms with Crippen LogP contribution in [0.1, 0.15) is 11.1 Å². The lowest BCUT2D eigenvalue weighted by molar-refractivity contribution is 0.148. The molecule has 8 heteroatoms.